The smallest absolute Gasteiger partial charge is 0.177 e. The van der Waals surface area contributed by atoms with Gasteiger partial charge < -0.3 is 25.5 Å². The average molecular weight is 490 g/mol. The van der Waals surface area contributed by atoms with Crippen molar-refractivity contribution in [3.05, 3.63) is 83.8 Å². The Kier molecular flexibility index (Phi) is 7.43. The van der Waals surface area contributed by atoms with Crippen LogP contribution < -0.4 is 20.5 Å². The summed E-state index contributed by atoms with van der Waals surface area (Å²) in [6.07, 6.45) is 4.64. The molecule has 5 N–H and O–H groups in total. The fourth-order valence-electron chi connectivity index (χ4n) is 3.63. The zero-order chi connectivity index (χ0) is 25.7. The molecule has 0 aliphatic heterocycles. The molecule has 2 heterocycles. The summed E-state index contributed by atoms with van der Waals surface area (Å²) in [4.78, 5) is 16.3. The Morgan fingerprint density at radius 2 is 1.86 bits per heavy atom. The summed E-state index contributed by atoms with van der Waals surface area (Å²) < 4.78 is 27.3. The number of H-pyrrole nitrogens is 1. The second-order valence-electron chi connectivity index (χ2n) is 8.25. The van der Waals surface area contributed by atoms with Crippen LogP contribution in [0.3, 0.4) is 0 Å². The highest BCUT2D eigenvalue weighted by Gasteiger charge is 2.26. The minimum absolute atomic E-state index is 0.0393. The second-order valence-corrected chi connectivity index (χ2v) is 8.25. The highest BCUT2D eigenvalue weighted by molar-refractivity contribution is 5.95. The summed E-state index contributed by atoms with van der Waals surface area (Å²) in [7, 11) is 0. The lowest BCUT2D eigenvalue weighted by Gasteiger charge is -2.22. The van der Waals surface area contributed by atoms with Crippen molar-refractivity contribution in [3.8, 4) is 23.0 Å². The van der Waals surface area contributed by atoms with Crippen LogP contribution in [0.5, 0.6) is 11.5 Å². The number of nitrogens with two attached hydrogens (primary N) is 1. The Hall–Kier alpha value is -4.47. The van der Waals surface area contributed by atoms with Gasteiger partial charge in [0, 0.05) is 35.3 Å². The standard InChI is InChI=1S/C26H28FN7O2/c1-4-35-18-12-19(22(27)21(13-18)36-15(2)3)23(33-17-8-6-16(7-9-17)24(28)29)26-32-14-20(34-26)25-30-10-5-11-31-25/h5-15,23,33H,4H2,1-3H3,(H3,28,29)(H,32,34). The molecule has 4 rings (SSSR count). The molecule has 186 valence electrons. The Labute approximate surface area is 208 Å². The molecule has 0 radical (unpaired) electrons. The van der Waals surface area contributed by atoms with Crippen LogP contribution in [0.2, 0.25) is 0 Å². The number of amidine groups is 1. The Morgan fingerprint density at radius 3 is 2.50 bits per heavy atom. The number of imidazole rings is 1. The van der Waals surface area contributed by atoms with Crippen molar-refractivity contribution >= 4 is 11.5 Å². The topological polar surface area (TPSA) is 135 Å². The fraction of sp³-hybridized carbons (Fsp3) is 0.231. The maximum atomic E-state index is 15.9. The van der Waals surface area contributed by atoms with Crippen molar-refractivity contribution in [2.45, 2.75) is 32.9 Å². The Bertz CT molecular complexity index is 1320. The molecule has 4 aromatic rings. The molecule has 0 spiro atoms. The first-order chi connectivity index (χ1) is 17.4. The molecule has 0 fully saturated rings. The molecule has 1 unspecified atom stereocenters. The summed E-state index contributed by atoms with van der Waals surface area (Å²) in [5, 5.41) is 11.0. The number of nitrogens with zero attached hydrogens (tertiary/aromatic N) is 3. The molecule has 0 amide bonds. The van der Waals surface area contributed by atoms with Gasteiger partial charge in [-0.1, -0.05) is 0 Å². The number of rotatable bonds is 10. The largest absolute Gasteiger partial charge is 0.494 e. The quantitative estimate of drug-likeness (QED) is 0.188. The van der Waals surface area contributed by atoms with E-state index < -0.39 is 11.9 Å². The number of halogens is 1. The molecule has 9 nitrogen and oxygen atoms in total. The van der Waals surface area contributed by atoms with Gasteiger partial charge in [0.15, 0.2) is 17.4 Å². The number of nitrogen functional groups attached to an aromatic ring is 1. The van der Waals surface area contributed by atoms with Crippen LogP contribution in [0, 0.1) is 11.2 Å². The summed E-state index contributed by atoms with van der Waals surface area (Å²) in [6.45, 7) is 5.93. The van der Waals surface area contributed by atoms with Crippen LogP contribution in [0.4, 0.5) is 10.1 Å². The second kappa shape index (κ2) is 10.9. The van der Waals surface area contributed by atoms with E-state index in [9.17, 15) is 0 Å². The molecule has 10 heteroatoms. The predicted molar refractivity (Wildman–Crippen MR) is 136 cm³/mol. The van der Waals surface area contributed by atoms with Crippen molar-refractivity contribution in [1.82, 2.24) is 19.9 Å². The van der Waals surface area contributed by atoms with E-state index in [2.05, 4.69) is 25.3 Å². The zero-order valence-corrected chi connectivity index (χ0v) is 20.2. The van der Waals surface area contributed by atoms with Gasteiger partial charge in [-0.05, 0) is 57.2 Å². The van der Waals surface area contributed by atoms with Gasteiger partial charge in [0.25, 0.3) is 0 Å². The first-order valence-electron chi connectivity index (χ1n) is 11.5. The molecule has 0 aliphatic rings. The van der Waals surface area contributed by atoms with E-state index in [1.807, 2.05) is 20.8 Å². The van der Waals surface area contributed by atoms with Gasteiger partial charge in [0.2, 0.25) is 0 Å². The van der Waals surface area contributed by atoms with Crippen LogP contribution in [0.25, 0.3) is 11.5 Å². The van der Waals surface area contributed by atoms with Crippen molar-refractivity contribution in [2.24, 2.45) is 5.73 Å². The lowest BCUT2D eigenvalue weighted by molar-refractivity contribution is 0.228. The van der Waals surface area contributed by atoms with Gasteiger partial charge in [0.1, 0.15) is 29.1 Å². The summed E-state index contributed by atoms with van der Waals surface area (Å²) in [6, 6.07) is 11.1. The molecule has 0 aliphatic carbocycles. The molecular formula is C26H28FN7O2. The first-order valence-corrected chi connectivity index (χ1v) is 11.5. The number of nitrogens with one attached hydrogen (secondary N) is 3. The lowest BCUT2D eigenvalue weighted by Crippen LogP contribution is -2.18. The third-order valence-electron chi connectivity index (χ3n) is 5.21. The number of aromatic amines is 1. The third-order valence-corrected chi connectivity index (χ3v) is 5.21. The Morgan fingerprint density at radius 1 is 1.14 bits per heavy atom. The molecule has 2 aromatic heterocycles. The number of benzene rings is 2. The van der Waals surface area contributed by atoms with E-state index in [4.69, 9.17) is 20.6 Å². The van der Waals surface area contributed by atoms with Crippen molar-refractivity contribution in [1.29, 1.82) is 5.41 Å². The van der Waals surface area contributed by atoms with Crippen molar-refractivity contribution in [2.75, 3.05) is 11.9 Å². The van der Waals surface area contributed by atoms with Crippen LogP contribution >= 0.6 is 0 Å². The highest BCUT2D eigenvalue weighted by atomic mass is 19.1. The van der Waals surface area contributed by atoms with Gasteiger partial charge >= 0.3 is 0 Å². The maximum Gasteiger partial charge on any atom is 0.177 e. The molecule has 0 bridgehead atoms. The summed E-state index contributed by atoms with van der Waals surface area (Å²) in [5.74, 6) is 0.898. The highest BCUT2D eigenvalue weighted by Crippen LogP contribution is 2.36. The SMILES string of the molecule is CCOc1cc(OC(C)C)c(F)c(C(Nc2ccc(C(=N)N)cc2)c2ncc(-c3ncccn3)[nH]2)c1. The van der Waals surface area contributed by atoms with E-state index in [0.717, 1.165) is 0 Å². The van der Waals surface area contributed by atoms with Gasteiger partial charge in [-0.2, -0.15) is 0 Å². The van der Waals surface area contributed by atoms with Crippen LogP contribution in [0.15, 0.2) is 61.1 Å². The predicted octanol–water partition coefficient (Wildman–Crippen LogP) is 4.68. The van der Waals surface area contributed by atoms with E-state index in [0.29, 0.717) is 40.9 Å². The maximum absolute atomic E-state index is 15.9. The summed E-state index contributed by atoms with van der Waals surface area (Å²) >= 11 is 0. The van der Waals surface area contributed by atoms with Crippen molar-refractivity contribution in [3.63, 3.8) is 0 Å². The number of hydrogen-bond acceptors (Lipinski definition) is 7. The van der Waals surface area contributed by atoms with E-state index in [1.54, 1.807) is 61.1 Å². The zero-order valence-electron chi connectivity index (χ0n) is 20.2. The molecule has 36 heavy (non-hydrogen) atoms. The van der Waals surface area contributed by atoms with Crippen molar-refractivity contribution < 1.29 is 13.9 Å². The van der Waals surface area contributed by atoms with E-state index in [1.165, 1.54) is 0 Å². The average Bonchev–Trinajstić information content (AvgIpc) is 3.35. The fourth-order valence-corrected chi connectivity index (χ4v) is 3.63. The van der Waals surface area contributed by atoms with Gasteiger partial charge in [0.05, 0.1) is 18.9 Å². The molecular weight excluding hydrogens is 461 g/mol. The number of ether oxygens (including phenoxy) is 2. The number of hydrogen-bond donors (Lipinski definition) is 4. The Balaban J connectivity index is 1.81. The van der Waals surface area contributed by atoms with Crippen LogP contribution in [-0.2, 0) is 0 Å². The van der Waals surface area contributed by atoms with Gasteiger partial charge in [-0.25, -0.2) is 19.3 Å². The van der Waals surface area contributed by atoms with Crippen LogP contribution in [-0.4, -0.2) is 38.5 Å². The van der Waals surface area contributed by atoms with E-state index in [-0.39, 0.29) is 23.3 Å². The lowest BCUT2D eigenvalue weighted by atomic mass is 10.0. The van der Waals surface area contributed by atoms with Crippen LogP contribution in [0.1, 0.15) is 43.8 Å². The monoisotopic (exact) mass is 489 g/mol. The minimum atomic E-state index is -0.749. The molecule has 0 saturated carbocycles. The minimum Gasteiger partial charge on any atom is -0.494 e. The van der Waals surface area contributed by atoms with Gasteiger partial charge in [-0.15, -0.1) is 0 Å². The molecule has 0 saturated heterocycles. The number of anilines is 1. The summed E-state index contributed by atoms with van der Waals surface area (Å²) in [5.41, 5.74) is 7.70. The van der Waals surface area contributed by atoms with Gasteiger partial charge in [-0.3, -0.25) is 5.41 Å². The number of aromatic nitrogens is 4. The first kappa shape index (κ1) is 24.6. The van der Waals surface area contributed by atoms with E-state index >= 15 is 4.39 Å². The molecule has 2 aromatic carbocycles. The molecule has 1 atom stereocenters. The normalized spacial score (nSPS) is 11.8. The third kappa shape index (κ3) is 5.60.